The van der Waals surface area contributed by atoms with Gasteiger partial charge in [-0.05, 0) is 40.0 Å². The molecule has 1 atom stereocenters. The summed E-state index contributed by atoms with van der Waals surface area (Å²) in [6, 6.07) is 0. The van der Waals surface area contributed by atoms with Crippen molar-refractivity contribution in [3.05, 3.63) is 0 Å². The van der Waals surface area contributed by atoms with Crippen LogP contribution in [0.1, 0.15) is 59.8 Å². The van der Waals surface area contributed by atoms with Crippen molar-refractivity contribution >= 4 is 6.09 Å². The third kappa shape index (κ3) is 4.83. The van der Waals surface area contributed by atoms with Crippen LogP contribution in [-0.2, 0) is 4.74 Å². The predicted molar refractivity (Wildman–Crippen MR) is 70.4 cm³/mol. The molecule has 1 rings (SSSR count). The number of likely N-dealkylation sites (tertiary alicyclic amines) is 1. The molecule has 4 heteroatoms. The highest BCUT2D eigenvalue weighted by molar-refractivity contribution is 5.68. The highest BCUT2D eigenvalue weighted by atomic mass is 19.1. The van der Waals surface area contributed by atoms with Gasteiger partial charge in [-0.25, -0.2) is 9.18 Å². The second-order valence-corrected chi connectivity index (χ2v) is 6.26. The van der Waals surface area contributed by atoms with E-state index in [-0.39, 0.29) is 12.6 Å². The molecule has 0 bridgehead atoms. The summed E-state index contributed by atoms with van der Waals surface area (Å²) < 4.78 is 19.8. The zero-order chi connectivity index (χ0) is 13.8. The summed E-state index contributed by atoms with van der Waals surface area (Å²) >= 11 is 0. The van der Waals surface area contributed by atoms with Gasteiger partial charge in [0.15, 0.2) is 0 Å². The number of nitrogens with zero attached hydrogens (tertiary/aromatic N) is 1. The van der Waals surface area contributed by atoms with Gasteiger partial charge in [0.25, 0.3) is 0 Å². The molecule has 3 nitrogen and oxygen atoms in total. The number of amides is 1. The molecule has 0 aliphatic carbocycles. The number of halogens is 1. The Balaban J connectivity index is 2.55. The number of alkyl halides is 1. The van der Waals surface area contributed by atoms with Gasteiger partial charge in [0.2, 0.25) is 0 Å². The summed E-state index contributed by atoms with van der Waals surface area (Å²) in [5.41, 5.74) is -1.73. The quantitative estimate of drug-likeness (QED) is 0.769. The molecule has 0 N–H and O–H groups in total. The maximum Gasteiger partial charge on any atom is 0.410 e. The van der Waals surface area contributed by atoms with E-state index < -0.39 is 11.3 Å². The van der Waals surface area contributed by atoms with Crippen LogP contribution in [0.5, 0.6) is 0 Å². The molecule has 1 aliphatic rings. The molecule has 0 unspecified atom stereocenters. The minimum atomic E-state index is -1.22. The van der Waals surface area contributed by atoms with Crippen LogP contribution in [0, 0.1) is 0 Å². The zero-order valence-corrected chi connectivity index (χ0v) is 12.1. The van der Waals surface area contributed by atoms with Gasteiger partial charge in [0.05, 0.1) is 6.54 Å². The number of rotatable bonds is 3. The molecule has 0 aromatic carbocycles. The minimum Gasteiger partial charge on any atom is -0.444 e. The number of hydrogen-bond acceptors (Lipinski definition) is 2. The Labute approximate surface area is 110 Å². The van der Waals surface area contributed by atoms with Gasteiger partial charge < -0.3 is 9.64 Å². The van der Waals surface area contributed by atoms with E-state index >= 15 is 0 Å². The number of carbonyl (C=O) groups is 1. The van der Waals surface area contributed by atoms with Crippen LogP contribution in [0.15, 0.2) is 0 Å². The van der Waals surface area contributed by atoms with Gasteiger partial charge in [-0.2, -0.15) is 0 Å². The Morgan fingerprint density at radius 3 is 2.67 bits per heavy atom. The maximum absolute atomic E-state index is 14.6. The average Bonchev–Trinajstić information content (AvgIpc) is 2.24. The summed E-state index contributed by atoms with van der Waals surface area (Å²) in [6.45, 7) is 8.32. The first-order valence-electron chi connectivity index (χ1n) is 6.93. The molecule has 1 aliphatic heterocycles. The van der Waals surface area contributed by atoms with Crippen LogP contribution in [0.25, 0.3) is 0 Å². The monoisotopic (exact) mass is 259 g/mol. The Bertz CT molecular complexity index is 288. The first-order valence-corrected chi connectivity index (χ1v) is 6.93. The van der Waals surface area contributed by atoms with Crippen LogP contribution in [-0.4, -0.2) is 35.4 Å². The molecule has 0 spiro atoms. The van der Waals surface area contributed by atoms with E-state index in [9.17, 15) is 9.18 Å². The highest BCUT2D eigenvalue weighted by Crippen LogP contribution is 2.31. The third-order valence-electron chi connectivity index (χ3n) is 3.16. The van der Waals surface area contributed by atoms with Crippen molar-refractivity contribution in [2.75, 3.05) is 13.1 Å². The lowest BCUT2D eigenvalue weighted by Crippen LogP contribution is -2.49. The van der Waals surface area contributed by atoms with E-state index in [1.807, 2.05) is 20.8 Å². The van der Waals surface area contributed by atoms with Gasteiger partial charge >= 0.3 is 6.09 Å². The van der Waals surface area contributed by atoms with Gasteiger partial charge in [-0.3, -0.25) is 0 Å². The molecule has 1 amide bonds. The van der Waals surface area contributed by atoms with Crippen LogP contribution >= 0.6 is 0 Å². The van der Waals surface area contributed by atoms with Crippen LogP contribution in [0.2, 0.25) is 0 Å². The molecular formula is C14H26FNO2. The number of carbonyl (C=O) groups excluding carboxylic acids is 1. The summed E-state index contributed by atoms with van der Waals surface area (Å²) in [6.07, 6.45) is 3.30. The molecular weight excluding hydrogens is 233 g/mol. The van der Waals surface area contributed by atoms with Crippen molar-refractivity contribution in [3.8, 4) is 0 Å². The van der Waals surface area contributed by atoms with Gasteiger partial charge in [-0.15, -0.1) is 0 Å². The zero-order valence-electron chi connectivity index (χ0n) is 12.1. The van der Waals surface area contributed by atoms with E-state index in [0.717, 1.165) is 19.3 Å². The SMILES string of the molecule is CCCC[C@]1(F)CCCN(C(=O)OC(C)(C)C)C1. The van der Waals surface area contributed by atoms with Gasteiger partial charge in [-0.1, -0.05) is 19.8 Å². The normalized spacial score (nSPS) is 25.1. The van der Waals surface area contributed by atoms with Crippen molar-refractivity contribution in [2.24, 2.45) is 0 Å². The fourth-order valence-corrected chi connectivity index (χ4v) is 2.27. The number of ether oxygens (including phenoxy) is 1. The number of piperidine rings is 1. The molecule has 1 fully saturated rings. The molecule has 1 saturated heterocycles. The second-order valence-electron chi connectivity index (χ2n) is 6.26. The molecule has 0 radical (unpaired) electrons. The van der Waals surface area contributed by atoms with Crippen LogP contribution in [0.3, 0.4) is 0 Å². The molecule has 1 heterocycles. The van der Waals surface area contributed by atoms with E-state index in [1.54, 1.807) is 0 Å². The van der Waals surface area contributed by atoms with Gasteiger partial charge in [0.1, 0.15) is 11.3 Å². The Kier molecular flexibility index (Phi) is 5.00. The largest absolute Gasteiger partial charge is 0.444 e. The molecule has 18 heavy (non-hydrogen) atoms. The maximum atomic E-state index is 14.6. The molecule has 0 aromatic heterocycles. The Morgan fingerprint density at radius 1 is 1.44 bits per heavy atom. The van der Waals surface area contributed by atoms with E-state index in [2.05, 4.69) is 6.92 Å². The summed E-state index contributed by atoms with van der Waals surface area (Å²) in [5.74, 6) is 0. The minimum absolute atomic E-state index is 0.182. The highest BCUT2D eigenvalue weighted by Gasteiger charge is 2.37. The van der Waals surface area contributed by atoms with Gasteiger partial charge in [0, 0.05) is 6.54 Å². The first-order chi connectivity index (χ1) is 8.26. The van der Waals surface area contributed by atoms with E-state index in [1.165, 1.54) is 4.90 Å². The predicted octanol–water partition coefficient (Wildman–Crippen LogP) is 3.92. The average molecular weight is 259 g/mol. The number of hydrogen-bond donors (Lipinski definition) is 0. The lowest BCUT2D eigenvalue weighted by atomic mass is 9.90. The topological polar surface area (TPSA) is 29.5 Å². The summed E-state index contributed by atoms with van der Waals surface area (Å²) in [4.78, 5) is 13.4. The van der Waals surface area contributed by atoms with Crippen molar-refractivity contribution < 1.29 is 13.9 Å². The smallest absolute Gasteiger partial charge is 0.410 e. The van der Waals surface area contributed by atoms with Crippen molar-refractivity contribution in [2.45, 2.75) is 71.1 Å². The van der Waals surface area contributed by atoms with Crippen molar-refractivity contribution in [1.82, 2.24) is 4.90 Å². The van der Waals surface area contributed by atoms with Crippen LogP contribution < -0.4 is 0 Å². The molecule has 106 valence electrons. The standard InChI is InChI=1S/C14H26FNO2/c1-5-6-8-14(15)9-7-10-16(11-14)12(17)18-13(2,3)4/h5-11H2,1-4H3/t14-/m0/s1. The lowest BCUT2D eigenvalue weighted by Gasteiger charge is -2.38. The first kappa shape index (κ1) is 15.3. The number of unbranched alkanes of at least 4 members (excludes halogenated alkanes) is 1. The fourth-order valence-electron chi connectivity index (χ4n) is 2.27. The Hall–Kier alpha value is -0.800. The molecule has 0 saturated carbocycles. The van der Waals surface area contributed by atoms with E-state index in [0.29, 0.717) is 19.4 Å². The van der Waals surface area contributed by atoms with E-state index in [4.69, 9.17) is 4.74 Å². The summed E-state index contributed by atoms with van der Waals surface area (Å²) in [7, 11) is 0. The second kappa shape index (κ2) is 5.89. The molecule has 0 aromatic rings. The fraction of sp³-hybridized carbons (Fsp3) is 0.929. The summed E-state index contributed by atoms with van der Waals surface area (Å²) in [5, 5.41) is 0. The third-order valence-corrected chi connectivity index (χ3v) is 3.16. The Morgan fingerprint density at radius 2 is 2.11 bits per heavy atom. The van der Waals surface area contributed by atoms with Crippen LogP contribution in [0.4, 0.5) is 9.18 Å². The van der Waals surface area contributed by atoms with Crippen molar-refractivity contribution in [1.29, 1.82) is 0 Å². The lowest BCUT2D eigenvalue weighted by molar-refractivity contribution is -0.00809. The van der Waals surface area contributed by atoms with Crippen molar-refractivity contribution in [3.63, 3.8) is 0 Å².